The minimum Gasteiger partial charge on any atom is -0.457 e. The lowest BCUT2D eigenvalue weighted by atomic mass is 9.67. The van der Waals surface area contributed by atoms with Crippen LogP contribution in [-0.2, 0) is 33.4 Å². The van der Waals surface area contributed by atoms with Crippen molar-refractivity contribution in [3.05, 3.63) is 48.6 Å². The lowest BCUT2D eigenvalue weighted by molar-refractivity contribution is -0.166. The highest BCUT2D eigenvalue weighted by molar-refractivity contribution is 5.99. The Morgan fingerprint density at radius 3 is 2.23 bits per heavy atom. The van der Waals surface area contributed by atoms with Gasteiger partial charge in [-0.05, 0) is 32.8 Å². The van der Waals surface area contributed by atoms with Crippen molar-refractivity contribution >= 4 is 23.7 Å². The average molecular weight is 414 g/mol. The standard InChI is InChI=1S/C23H26O7/c1-10(2)20(25)28-17-12(5)14-8-9-15(24)23(14,7)19(30-21(26)11(3)4)16-13(6)22(27)29-18(16)17/h8-9,12,14,16-19H,1,3,6H2,2,4-5,7H3. The third-order valence-corrected chi connectivity index (χ3v) is 6.44. The summed E-state index contributed by atoms with van der Waals surface area (Å²) in [5.74, 6) is -3.93. The molecule has 1 saturated carbocycles. The lowest BCUT2D eigenvalue weighted by Crippen LogP contribution is -2.49. The number of hydrogen-bond donors (Lipinski definition) is 0. The first-order valence-corrected chi connectivity index (χ1v) is 9.76. The molecule has 0 spiro atoms. The van der Waals surface area contributed by atoms with Crippen LogP contribution in [0.15, 0.2) is 48.6 Å². The summed E-state index contributed by atoms with van der Waals surface area (Å²) in [6, 6.07) is 0. The molecule has 2 aliphatic carbocycles. The molecule has 0 aromatic rings. The summed E-state index contributed by atoms with van der Waals surface area (Å²) in [6.45, 7) is 17.6. The van der Waals surface area contributed by atoms with Gasteiger partial charge >= 0.3 is 17.9 Å². The summed E-state index contributed by atoms with van der Waals surface area (Å²) < 4.78 is 17.0. The van der Waals surface area contributed by atoms with Crippen molar-refractivity contribution in [1.29, 1.82) is 0 Å². The van der Waals surface area contributed by atoms with Gasteiger partial charge in [-0.15, -0.1) is 0 Å². The molecule has 7 nitrogen and oxygen atoms in total. The van der Waals surface area contributed by atoms with Gasteiger partial charge in [0.2, 0.25) is 0 Å². The van der Waals surface area contributed by atoms with Gasteiger partial charge < -0.3 is 14.2 Å². The topological polar surface area (TPSA) is 96.0 Å². The van der Waals surface area contributed by atoms with Gasteiger partial charge in [-0.25, -0.2) is 14.4 Å². The van der Waals surface area contributed by atoms with Crippen LogP contribution in [0.4, 0.5) is 0 Å². The summed E-state index contributed by atoms with van der Waals surface area (Å²) in [5, 5.41) is 0. The summed E-state index contributed by atoms with van der Waals surface area (Å²) >= 11 is 0. The molecular formula is C23H26O7. The van der Waals surface area contributed by atoms with Gasteiger partial charge in [-0.2, -0.15) is 0 Å². The van der Waals surface area contributed by atoms with E-state index in [9.17, 15) is 19.2 Å². The normalized spacial score (nSPS) is 37.0. The first-order chi connectivity index (χ1) is 13.9. The Morgan fingerprint density at radius 2 is 1.67 bits per heavy atom. The van der Waals surface area contributed by atoms with Crippen molar-refractivity contribution in [2.75, 3.05) is 0 Å². The minimum absolute atomic E-state index is 0.0738. The van der Waals surface area contributed by atoms with Gasteiger partial charge in [-0.1, -0.05) is 32.7 Å². The molecule has 7 unspecified atom stereocenters. The van der Waals surface area contributed by atoms with Crippen LogP contribution in [0.5, 0.6) is 0 Å². The quantitative estimate of drug-likeness (QED) is 0.396. The smallest absolute Gasteiger partial charge is 0.334 e. The number of fused-ring (bicyclic) bond motifs is 2. The molecule has 3 rings (SSSR count). The highest BCUT2D eigenvalue weighted by Crippen LogP contribution is 2.55. The number of hydrogen-bond acceptors (Lipinski definition) is 7. The molecule has 1 heterocycles. The number of allylic oxidation sites excluding steroid dienone is 2. The molecule has 0 aromatic carbocycles. The van der Waals surface area contributed by atoms with E-state index in [0.717, 1.165) is 0 Å². The molecule has 0 radical (unpaired) electrons. The van der Waals surface area contributed by atoms with Crippen LogP contribution in [0.25, 0.3) is 0 Å². The largest absolute Gasteiger partial charge is 0.457 e. The van der Waals surface area contributed by atoms with E-state index in [1.165, 1.54) is 19.9 Å². The predicted molar refractivity (Wildman–Crippen MR) is 107 cm³/mol. The molecule has 7 atom stereocenters. The van der Waals surface area contributed by atoms with Crippen LogP contribution >= 0.6 is 0 Å². The zero-order valence-electron chi connectivity index (χ0n) is 17.6. The van der Waals surface area contributed by atoms with E-state index >= 15 is 0 Å². The molecule has 0 amide bonds. The van der Waals surface area contributed by atoms with Crippen molar-refractivity contribution < 1.29 is 33.4 Å². The van der Waals surface area contributed by atoms with Crippen LogP contribution in [0.1, 0.15) is 27.7 Å². The number of carbonyl (C=O) groups is 4. The van der Waals surface area contributed by atoms with Crippen molar-refractivity contribution in [2.24, 2.45) is 23.2 Å². The van der Waals surface area contributed by atoms with Gasteiger partial charge in [0, 0.05) is 22.6 Å². The van der Waals surface area contributed by atoms with E-state index in [2.05, 4.69) is 19.7 Å². The molecule has 0 N–H and O–H groups in total. The fraction of sp³-hybridized carbons (Fsp3) is 0.478. The Morgan fingerprint density at radius 1 is 1.10 bits per heavy atom. The Hall–Kier alpha value is -2.96. The summed E-state index contributed by atoms with van der Waals surface area (Å²) in [4.78, 5) is 50.3. The summed E-state index contributed by atoms with van der Waals surface area (Å²) in [6.07, 6.45) is 0.308. The second-order valence-corrected chi connectivity index (χ2v) is 8.57. The van der Waals surface area contributed by atoms with Gasteiger partial charge in [0.25, 0.3) is 0 Å². The van der Waals surface area contributed by atoms with Crippen molar-refractivity contribution in [1.82, 2.24) is 0 Å². The maximum absolute atomic E-state index is 13.0. The molecule has 1 aliphatic heterocycles. The Kier molecular flexibility index (Phi) is 5.35. The van der Waals surface area contributed by atoms with Gasteiger partial charge in [-0.3, -0.25) is 4.79 Å². The summed E-state index contributed by atoms with van der Waals surface area (Å²) in [7, 11) is 0. The first kappa shape index (κ1) is 21.7. The van der Waals surface area contributed by atoms with Gasteiger partial charge in [0.1, 0.15) is 18.3 Å². The van der Waals surface area contributed by atoms with Crippen LogP contribution in [0.2, 0.25) is 0 Å². The molecule has 0 bridgehead atoms. The Bertz CT molecular complexity index is 911. The molecule has 30 heavy (non-hydrogen) atoms. The maximum Gasteiger partial charge on any atom is 0.334 e. The van der Waals surface area contributed by atoms with Gasteiger partial charge in [0.15, 0.2) is 5.78 Å². The van der Waals surface area contributed by atoms with Crippen LogP contribution < -0.4 is 0 Å². The van der Waals surface area contributed by atoms with Crippen molar-refractivity contribution in [3.8, 4) is 0 Å². The molecular weight excluding hydrogens is 388 g/mol. The van der Waals surface area contributed by atoms with Crippen LogP contribution in [-0.4, -0.2) is 42.0 Å². The number of ketones is 1. The predicted octanol–water partition coefficient (Wildman–Crippen LogP) is 2.47. The van der Waals surface area contributed by atoms with Crippen molar-refractivity contribution in [2.45, 2.75) is 46.0 Å². The highest BCUT2D eigenvalue weighted by atomic mass is 16.6. The molecule has 1 saturated heterocycles. The lowest BCUT2D eigenvalue weighted by Gasteiger charge is -2.39. The van der Waals surface area contributed by atoms with Gasteiger partial charge in [0.05, 0.1) is 11.3 Å². The fourth-order valence-corrected chi connectivity index (χ4v) is 4.71. The highest BCUT2D eigenvalue weighted by Gasteiger charge is 2.65. The zero-order chi connectivity index (χ0) is 22.5. The molecule has 160 valence electrons. The number of ether oxygens (including phenoxy) is 3. The number of rotatable bonds is 4. The van der Waals surface area contributed by atoms with E-state index < -0.39 is 59.4 Å². The fourth-order valence-electron chi connectivity index (χ4n) is 4.71. The maximum atomic E-state index is 13.0. The molecule has 3 aliphatic rings. The number of carbonyl (C=O) groups excluding carboxylic acids is 4. The van der Waals surface area contributed by atoms with E-state index in [1.54, 1.807) is 13.0 Å². The molecule has 2 fully saturated rings. The summed E-state index contributed by atoms with van der Waals surface area (Å²) in [5.41, 5.74) is -0.764. The van der Waals surface area contributed by atoms with Crippen LogP contribution in [0.3, 0.4) is 0 Å². The van der Waals surface area contributed by atoms with E-state index in [4.69, 9.17) is 14.2 Å². The monoisotopic (exact) mass is 414 g/mol. The Balaban J connectivity index is 2.16. The van der Waals surface area contributed by atoms with Crippen molar-refractivity contribution in [3.63, 3.8) is 0 Å². The average Bonchev–Trinajstić information content (AvgIpc) is 3.11. The Labute approximate surface area is 175 Å². The SMILES string of the molecule is C=C(C)C(=O)OC1C(C)C2C=CC(=O)C2(C)C(OC(=O)C(=C)C)C2C(=C)C(=O)OC12. The number of esters is 3. The third kappa shape index (κ3) is 3.13. The second-order valence-electron chi connectivity index (χ2n) is 8.57. The zero-order valence-corrected chi connectivity index (χ0v) is 17.6. The van der Waals surface area contributed by atoms with E-state index in [1.807, 2.05) is 6.92 Å². The molecule has 7 heteroatoms. The minimum atomic E-state index is -1.19. The van der Waals surface area contributed by atoms with E-state index in [0.29, 0.717) is 0 Å². The van der Waals surface area contributed by atoms with E-state index in [-0.39, 0.29) is 22.5 Å². The third-order valence-electron chi connectivity index (χ3n) is 6.44. The van der Waals surface area contributed by atoms with Crippen LogP contribution in [0, 0.1) is 23.2 Å². The second kappa shape index (κ2) is 7.38. The first-order valence-electron chi connectivity index (χ1n) is 9.76. The molecule has 0 aromatic heterocycles.